The molecule has 0 unspecified atom stereocenters. The van der Waals surface area contributed by atoms with Crippen molar-refractivity contribution in [2.45, 2.75) is 20.8 Å². The van der Waals surface area contributed by atoms with Gasteiger partial charge >= 0.3 is 5.97 Å². The predicted octanol–water partition coefficient (Wildman–Crippen LogP) is 2.93. The minimum Gasteiger partial charge on any atom is -0.478 e. The molecular formula is C15H17N3O3. The highest BCUT2D eigenvalue weighted by atomic mass is 16.5. The Morgan fingerprint density at radius 2 is 2.10 bits per heavy atom. The van der Waals surface area contributed by atoms with E-state index in [-0.39, 0.29) is 5.56 Å². The van der Waals surface area contributed by atoms with Crippen LogP contribution in [0, 0.1) is 13.8 Å². The van der Waals surface area contributed by atoms with Gasteiger partial charge in [-0.15, -0.1) is 0 Å². The molecule has 1 aromatic carbocycles. The van der Waals surface area contributed by atoms with Crippen molar-refractivity contribution in [3.05, 3.63) is 41.2 Å². The number of ether oxygens (including phenoxy) is 1. The zero-order valence-electron chi connectivity index (χ0n) is 12.2. The first-order valence-corrected chi connectivity index (χ1v) is 6.58. The second-order valence-electron chi connectivity index (χ2n) is 4.55. The highest BCUT2D eigenvalue weighted by Crippen LogP contribution is 2.25. The number of aryl methyl sites for hydroxylation is 1. The van der Waals surface area contributed by atoms with Crippen LogP contribution >= 0.6 is 0 Å². The van der Waals surface area contributed by atoms with Crippen molar-refractivity contribution in [1.29, 1.82) is 0 Å². The summed E-state index contributed by atoms with van der Waals surface area (Å²) < 4.78 is 5.42. The molecule has 6 heteroatoms. The second-order valence-corrected chi connectivity index (χ2v) is 4.55. The van der Waals surface area contributed by atoms with Crippen LogP contribution in [-0.4, -0.2) is 27.7 Å². The summed E-state index contributed by atoms with van der Waals surface area (Å²) in [6.07, 6.45) is 1.43. The molecular weight excluding hydrogens is 270 g/mol. The normalized spacial score (nSPS) is 10.2. The molecule has 1 aromatic heterocycles. The molecule has 1 heterocycles. The first-order chi connectivity index (χ1) is 10.0. The van der Waals surface area contributed by atoms with Gasteiger partial charge in [-0.1, -0.05) is 0 Å². The molecule has 6 nitrogen and oxygen atoms in total. The Hall–Kier alpha value is -2.63. The van der Waals surface area contributed by atoms with Gasteiger partial charge in [0.1, 0.15) is 12.1 Å². The first-order valence-electron chi connectivity index (χ1n) is 6.58. The highest BCUT2D eigenvalue weighted by Gasteiger charge is 2.10. The van der Waals surface area contributed by atoms with E-state index in [1.807, 2.05) is 13.8 Å². The Morgan fingerprint density at radius 1 is 1.33 bits per heavy atom. The van der Waals surface area contributed by atoms with Gasteiger partial charge in [0.2, 0.25) is 5.88 Å². The summed E-state index contributed by atoms with van der Waals surface area (Å²) in [6, 6.07) is 5.05. The van der Waals surface area contributed by atoms with Gasteiger partial charge in [0.05, 0.1) is 17.7 Å². The van der Waals surface area contributed by atoms with Gasteiger partial charge in [-0.3, -0.25) is 0 Å². The molecule has 0 aliphatic rings. The number of hydrogen-bond acceptors (Lipinski definition) is 5. The van der Waals surface area contributed by atoms with Gasteiger partial charge in [0.15, 0.2) is 0 Å². The molecule has 0 atom stereocenters. The van der Waals surface area contributed by atoms with Gasteiger partial charge in [-0.2, -0.15) is 0 Å². The SMILES string of the molecule is CCOc1ncnc(Nc2ccc(C(=O)O)c(C)c2)c1C. The number of aromatic nitrogens is 2. The van der Waals surface area contributed by atoms with E-state index in [9.17, 15) is 4.79 Å². The quantitative estimate of drug-likeness (QED) is 0.879. The third-order valence-corrected chi connectivity index (χ3v) is 3.04. The summed E-state index contributed by atoms with van der Waals surface area (Å²) in [4.78, 5) is 19.3. The lowest BCUT2D eigenvalue weighted by atomic mass is 10.1. The Labute approximate surface area is 122 Å². The number of benzene rings is 1. The summed E-state index contributed by atoms with van der Waals surface area (Å²) in [5, 5.41) is 12.2. The van der Waals surface area contributed by atoms with E-state index < -0.39 is 5.97 Å². The molecule has 110 valence electrons. The molecule has 21 heavy (non-hydrogen) atoms. The van der Waals surface area contributed by atoms with Crippen LogP contribution in [0.25, 0.3) is 0 Å². The third-order valence-electron chi connectivity index (χ3n) is 3.04. The maximum atomic E-state index is 11.0. The number of aromatic carboxylic acids is 1. The van der Waals surface area contributed by atoms with Crippen LogP contribution in [0.5, 0.6) is 5.88 Å². The molecule has 2 N–H and O–H groups in total. The fraction of sp³-hybridized carbons (Fsp3) is 0.267. The standard InChI is InChI=1S/C15H17N3O3/c1-4-21-14-10(3)13(16-8-17-14)18-11-5-6-12(15(19)20)9(2)7-11/h5-8H,4H2,1-3H3,(H,19,20)(H,16,17,18). The van der Waals surface area contributed by atoms with Crippen molar-refractivity contribution in [3.8, 4) is 5.88 Å². The van der Waals surface area contributed by atoms with Crippen LogP contribution in [-0.2, 0) is 0 Å². The summed E-state index contributed by atoms with van der Waals surface area (Å²) in [6.45, 7) is 6.05. The summed E-state index contributed by atoms with van der Waals surface area (Å²) in [5.41, 5.74) is 2.54. The Bertz CT molecular complexity index is 671. The van der Waals surface area contributed by atoms with Crippen molar-refractivity contribution in [1.82, 2.24) is 9.97 Å². The number of hydrogen-bond donors (Lipinski definition) is 2. The van der Waals surface area contributed by atoms with Crippen LogP contribution < -0.4 is 10.1 Å². The number of nitrogens with zero attached hydrogens (tertiary/aromatic N) is 2. The average molecular weight is 287 g/mol. The lowest BCUT2D eigenvalue weighted by Crippen LogP contribution is -2.04. The lowest BCUT2D eigenvalue weighted by molar-refractivity contribution is 0.0696. The topological polar surface area (TPSA) is 84.3 Å². The van der Waals surface area contributed by atoms with Gasteiger partial charge in [0, 0.05) is 5.69 Å². The number of rotatable bonds is 5. The van der Waals surface area contributed by atoms with Crippen LogP contribution in [0.2, 0.25) is 0 Å². The maximum Gasteiger partial charge on any atom is 0.335 e. The van der Waals surface area contributed by atoms with Gasteiger partial charge in [-0.05, 0) is 44.5 Å². The molecule has 2 aromatic rings. The summed E-state index contributed by atoms with van der Waals surface area (Å²) in [5.74, 6) is 0.237. The molecule has 0 saturated carbocycles. The highest BCUT2D eigenvalue weighted by molar-refractivity contribution is 5.90. The van der Waals surface area contributed by atoms with E-state index in [0.717, 1.165) is 11.3 Å². The van der Waals surface area contributed by atoms with Crippen molar-refractivity contribution >= 4 is 17.5 Å². The monoisotopic (exact) mass is 287 g/mol. The van der Waals surface area contributed by atoms with Crippen molar-refractivity contribution in [3.63, 3.8) is 0 Å². The molecule has 0 radical (unpaired) electrons. The molecule has 0 saturated heterocycles. The first kappa shape index (κ1) is 14.8. The van der Waals surface area contributed by atoms with E-state index in [4.69, 9.17) is 9.84 Å². The smallest absolute Gasteiger partial charge is 0.335 e. The Kier molecular flexibility index (Phi) is 4.37. The third kappa shape index (κ3) is 3.28. The maximum absolute atomic E-state index is 11.0. The molecule has 2 rings (SSSR count). The fourth-order valence-corrected chi connectivity index (χ4v) is 1.96. The Balaban J connectivity index is 2.28. The van der Waals surface area contributed by atoms with Crippen molar-refractivity contribution in [2.24, 2.45) is 0 Å². The summed E-state index contributed by atoms with van der Waals surface area (Å²) >= 11 is 0. The molecule has 0 aliphatic carbocycles. The minimum absolute atomic E-state index is 0.287. The van der Waals surface area contributed by atoms with Crippen LogP contribution in [0.1, 0.15) is 28.4 Å². The van der Waals surface area contributed by atoms with Crippen LogP contribution in [0.3, 0.4) is 0 Å². The van der Waals surface area contributed by atoms with Gasteiger partial charge in [0.25, 0.3) is 0 Å². The van der Waals surface area contributed by atoms with Crippen molar-refractivity contribution < 1.29 is 14.6 Å². The largest absolute Gasteiger partial charge is 0.478 e. The average Bonchev–Trinajstić information content (AvgIpc) is 2.43. The number of carboxylic acids is 1. The lowest BCUT2D eigenvalue weighted by Gasteiger charge is -2.12. The van der Waals surface area contributed by atoms with Crippen molar-refractivity contribution in [2.75, 3.05) is 11.9 Å². The molecule has 0 spiro atoms. The zero-order chi connectivity index (χ0) is 15.4. The van der Waals surface area contributed by atoms with E-state index >= 15 is 0 Å². The van der Waals surface area contributed by atoms with Crippen LogP contribution in [0.15, 0.2) is 24.5 Å². The van der Waals surface area contributed by atoms with E-state index in [1.54, 1.807) is 25.1 Å². The van der Waals surface area contributed by atoms with E-state index in [0.29, 0.717) is 23.9 Å². The number of nitrogens with one attached hydrogen (secondary N) is 1. The number of carboxylic acid groups (broad SMARTS) is 1. The minimum atomic E-state index is -0.934. The molecule has 0 fully saturated rings. The Morgan fingerprint density at radius 3 is 2.71 bits per heavy atom. The number of anilines is 2. The molecule has 0 bridgehead atoms. The van der Waals surface area contributed by atoms with Gasteiger partial charge < -0.3 is 15.2 Å². The number of carbonyl (C=O) groups is 1. The van der Waals surface area contributed by atoms with E-state index in [2.05, 4.69) is 15.3 Å². The molecule has 0 aliphatic heterocycles. The fourth-order valence-electron chi connectivity index (χ4n) is 1.96. The second kappa shape index (κ2) is 6.21. The summed E-state index contributed by atoms with van der Waals surface area (Å²) in [7, 11) is 0. The molecule has 0 amide bonds. The van der Waals surface area contributed by atoms with Crippen LogP contribution in [0.4, 0.5) is 11.5 Å². The zero-order valence-corrected chi connectivity index (χ0v) is 12.2. The predicted molar refractivity (Wildman–Crippen MR) is 79.4 cm³/mol. The van der Waals surface area contributed by atoms with Gasteiger partial charge in [-0.25, -0.2) is 14.8 Å². The van der Waals surface area contributed by atoms with E-state index in [1.165, 1.54) is 6.33 Å².